The van der Waals surface area contributed by atoms with E-state index >= 15 is 0 Å². The molecule has 29 heavy (non-hydrogen) atoms. The molecule has 0 atom stereocenters. The molecule has 2 aromatic heterocycles. The van der Waals surface area contributed by atoms with Crippen LogP contribution in [0, 0.1) is 0 Å². The molecule has 154 valence electrons. The van der Waals surface area contributed by atoms with Gasteiger partial charge in [0.25, 0.3) is 0 Å². The number of piperazine rings is 1. The fourth-order valence-electron chi connectivity index (χ4n) is 3.53. The molecular weight excluding hydrogens is 480 g/mol. The van der Waals surface area contributed by atoms with Crippen LogP contribution < -0.4 is 0 Å². The molecule has 1 aliphatic heterocycles. The van der Waals surface area contributed by atoms with E-state index in [0.29, 0.717) is 59.7 Å². The zero-order valence-corrected chi connectivity index (χ0v) is 18.8. The molecule has 4 rings (SSSR count). The summed E-state index contributed by atoms with van der Waals surface area (Å²) in [6, 6.07) is 6.78. The predicted molar refractivity (Wildman–Crippen MR) is 115 cm³/mol. The number of carbonyl (C=O) groups excluding carboxylic acids is 1. The second-order valence-electron chi connectivity index (χ2n) is 6.96. The number of phenolic OH excluding ortho intramolecular Hbond substituents is 1. The number of aromatic hydroxyl groups is 1. The SMILES string of the molecule is CS(=O)(=O)N1CCN(Cc2c(O)ccc3occ(C(=O)c4ccc(Br)s4)c23)CC1. The first-order chi connectivity index (χ1) is 13.7. The van der Waals surface area contributed by atoms with Gasteiger partial charge >= 0.3 is 0 Å². The van der Waals surface area contributed by atoms with E-state index in [4.69, 9.17) is 4.42 Å². The predicted octanol–water partition coefficient (Wildman–Crippen LogP) is 3.27. The Morgan fingerprint density at radius 1 is 1.21 bits per heavy atom. The third-order valence-corrected chi connectivity index (χ3v) is 7.97. The molecule has 7 nitrogen and oxygen atoms in total. The number of nitrogens with zero attached hydrogens (tertiary/aromatic N) is 2. The van der Waals surface area contributed by atoms with Gasteiger partial charge in [0.05, 0.1) is 20.5 Å². The van der Waals surface area contributed by atoms with Crippen molar-refractivity contribution < 1.29 is 22.7 Å². The van der Waals surface area contributed by atoms with E-state index in [1.165, 1.54) is 28.2 Å². The van der Waals surface area contributed by atoms with Gasteiger partial charge in [0, 0.05) is 43.7 Å². The number of phenols is 1. The van der Waals surface area contributed by atoms with Crippen molar-refractivity contribution >= 4 is 54.0 Å². The quantitative estimate of drug-likeness (QED) is 0.542. The first-order valence-electron chi connectivity index (χ1n) is 8.93. The summed E-state index contributed by atoms with van der Waals surface area (Å²) in [7, 11) is -3.21. The van der Waals surface area contributed by atoms with Gasteiger partial charge < -0.3 is 9.52 Å². The molecule has 0 aliphatic carbocycles. The third-order valence-electron chi connectivity index (χ3n) is 5.05. The van der Waals surface area contributed by atoms with Gasteiger partial charge in [-0.3, -0.25) is 9.69 Å². The van der Waals surface area contributed by atoms with Crippen molar-refractivity contribution in [1.82, 2.24) is 9.21 Å². The van der Waals surface area contributed by atoms with E-state index in [9.17, 15) is 18.3 Å². The molecule has 0 unspecified atom stereocenters. The largest absolute Gasteiger partial charge is 0.508 e. The first-order valence-corrected chi connectivity index (χ1v) is 12.4. The number of rotatable bonds is 5. The number of carbonyl (C=O) groups is 1. The summed E-state index contributed by atoms with van der Waals surface area (Å²) in [5.41, 5.74) is 1.56. The van der Waals surface area contributed by atoms with E-state index < -0.39 is 10.0 Å². The van der Waals surface area contributed by atoms with Crippen molar-refractivity contribution in [3.05, 3.63) is 50.3 Å². The van der Waals surface area contributed by atoms with E-state index in [1.54, 1.807) is 18.2 Å². The number of fused-ring (bicyclic) bond motifs is 1. The first kappa shape index (κ1) is 20.5. The summed E-state index contributed by atoms with van der Waals surface area (Å²) >= 11 is 4.71. The summed E-state index contributed by atoms with van der Waals surface area (Å²) in [5.74, 6) is -0.0703. The Morgan fingerprint density at radius 3 is 2.55 bits per heavy atom. The third kappa shape index (κ3) is 4.13. The molecule has 0 saturated carbocycles. The van der Waals surface area contributed by atoms with Gasteiger partial charge in [0.2, 0.25) is 15.8 Å². The van der Waals surface area contributed by atoms with E-state index in [0.717, 1.165) is 3.79 Å². The van der Waals surface area contributed by atoms with Crippen LogP contribution in [0.1, 0.15) is 20.8 Å². The van der Waals surface area contributed by atoms with Gasteiger partial charge in [-0.15, -0.1) is 11.3 Å². The van der Waals surface area contributed by atoms with Crippen LogP contribution in [-0.2, 0) is 16.6 Å². The van der Waals surface area contributed by atoms with E-state index in [-0.39, 0.29) is 11.5 Å². The Labute approximate surface area is 180 Å². The number of ketones is 1. The van der Waals surface area contributed by atoms with E-state index in [2.05, 4.69) is 20.8 Å². The van der Waals surface area contributed by atoms with Crippen LogP contribution in [0.15, 0.2) is 38.7 Å². The molecule has 3 heterocycles. The molecule has 10 heteroatoms. The Morgan fingerprint density at radius 2 is 1.93 bits per heavy atom. The van der Waals surface area contributed by atoms with Crippen LogP contribution in [0.4, 0.5) is 0 Å². The average Bonchev–Trinajstić information content (AvgIpc) is 3.30. The number of furan rings is 1. The lowest BCUT2D eigenvalue weighted by atomic mass is 10.0. The highest BCUT2D eigenvalue weighted by Crippen LogP contribution is 2.35. The Kier molecular flexibility index (Phi) is 5.56. The normalized spacial score (nSPS) is 16.5. The smallest absolute Gasteiger partial charge is 0.211 e. The summed E-state index contributed by atoms with van der Waals surface area (Å²) in [4.78, 5) is 15.7. The number of thiophene rings is 1. The summed E-state index contributed by atoms with van der Waals surface area (Å²) < 4.78 is 31.3. The van der Waals surface area contributed by atoms with Crippen LogP contribution >= 0.6 is 27.3 Å². The van der Waals surface area contributed by atoms with Gasteiger partial charge in [-0.2, -0.15) is 4.31 Å². The second-order valence-corrected chi connectivity index (χ2v) is 11.4. The molecule has 0 radical (unpaired) electrons. The van der Waals surface area contributed by atoms with Crippen molar-refractivity contribution in [2.45, 2.75) is 6.54 Å². The fraction of sp³-hybridized carbons (Fsp3) is 0.316. The van der Waals surface area contributed by atoms with Crippen molar-refractivity contribution in [2.24, 2.45) is 0 Å². The summed E-state index contributed by atoms with van der Waals surface area (Å²) in [5, 5.41) is 11.1. The molecule has 0 spiro atoms. The average molecular weight is 499 g/mol. The van der Waals surface area contributed by atoms with Crippen LogP contribution in [0.25, 0.3) is 11.0 Å². The monoisotopic (exact) mass is 498 g/mol. The number of hydrogen-bond donors (Lipinski definition) is 1. The van der Waals surface area contributed by atoms with Crippen molar-refractivity contribution in [3.63, 3.8) is 0 Å². The van der Waals surface area contributed by atoms with Crippen LogP contribution in [0.2, 0.25) is 0 Å². The molecule has 0 amide bonds. The highest BCUT2D eigenvalue weighted by molar-refractivity contribution is 9.11. The van der Waals surface area contributed by atoms with Gasteiger partial charge in [-0.05, 0) is 40.2 Å². The van der Waals surface area contributed by atoms with Crippen LogP contribution in [0.3, 0.4) is 0 Å². The number of halogens is 1. The Bertz CT molecular complexity index is 1180. The maximum Gasteiger partial charge on any atom is 0.211 e. The number of benzene rings is 1. The lowest BCUT2D eigenvalue weighted by Crippen LogP contribution is -2.47. The van der Waals surface area contributed by atoms with Crippen molar-refractivity contribution in [2.75, 3.05) is 32.4 Å². The minimum atomic E-state index is -3.21. The molecule has 1 aliphatic rings. The van der Waals surface area contributed by atoms with Crippen LogP contribution in [0.5, 0.6) is 5.75 Å². The number of hydrogen-bond acceptors (Lipinski definition) is 7. The Balaban J connectivity index is 1.65. The van der Waals surface area contributed by atoms with E-state index in [1.807, 2.05) is 6.07 Å². The highest BCUT2D eigenvalue weighted by Gasteiger charge is 2.26. The van der Waals surface area contributed by atoms with Crippen LogP contribution in [-0.4, -0.2) is 60.9 Å². The second kappa shape index (κ2) is 7.84. The zero-order chi connectivity index (χ0) is 20.8. The molecule has 0 bridgehead atoms. The molecule has 1 saturated heterocycles. The summed E-state index contributed by atoms with van der Waals surface area (Å²) in [6.45, 7) is 2.28. The number of sulfonamides is 1. The van der Waals surface area contributed by atoms with Gasteiger partial charge in [-0.25, -0.2) is 8.42 Å². The van der Waals surface area contributed by atoms with Gasteiger partial charge in [-0.1, -0.05) is 0 Å². The zero-order valence-electron chi connectivity index (χ0n) is 15.6. The molecule has 1 aromatic carbocycles. The molecule has 3 aromatic rings. The Hall–Kier alpha value is -1.72. The maximum atomic E-state index is 13.0. The maximum absolute atomic E-state index is 13.0. The highest BCUT2D eigenvalue weighted by atomic mass is 79.9. The fourth-order valence-corrected chi connectivity index (χ4v) is 5.70. The van der Waals surface area contributed by atoms with Gasteiger partial charge in [0.15, 0.2) is 0 Å². The lowest BCUT2D eigenvalue weighted by Gasteiger charge is -2.33. The van der Waals surface area contributed by atoms with Gasteiger partial charge in [0.1, 0.15) is 17.6 Å². The lowest BCUT2D eigenvalue weighted by molar-refractivity contribution is 0.104. The molecule has 1 N–H and O–H groups in total. The van der Waals surface area contributed by atoms with Crippen molar-refractivity contribution in [1.29, 1.82) is 0 Å². The molecule has 1 fully saturated rings. The van der Waals surface area contributed by atoms with Crippen molar-refractivity contribution in [3.8, 4) is 5.75 Å². The standard InChI is InChI=1S/C19H19BrN2O5S2/c1-29(25,26)22-8-6-21(7-9-22)10-12-14(23)2-3-15-18(12)13(11-27-15)19(24)16-4-5-17(20)28-16/h2-5,11,23H,6-10H2,1H3. The topological polar surface area (TPSA) is 91.1 Å². The molecular formula is C19H19BrN2O5S2. The minimum absolute atomic E-state index is 0.0888. The minimum Gasteiger partial charge on any atom is -0.508 e. The summed E-state index contributed by atoms with van der Waals surface area (Å²) in [6.07, 6.45) is 2.65.